The smallest absolute Gasteiger partial charge is 0.248 e. The van der Waals surface area contributed by atoms with Crippen molar-refractivity contribution >= 4 is 12.3 Å². The summed E-state index contributed by atoms with van der Waals surface area (Å²) >= 11 is 0. The van der Waals surface area contributed by atoms with Gasteiger partial charge in [0.05, 0.1) is 0 Å². The number of hydrogen-bond acceptors (Lipinski definition) is 2. The van der Waals surface area contributed by atoms with Gasteiger partial charge in [-0.2, -0.15) is 0 Å². The standard InChI is InChI=1S/C14H20N2O2/c1-10-5-7-11(8-6-10)14(12(15)18,16-9-17)13(2,3)4/h5-9H,1-4H3,(H2,15,18)(H,16,17). The molecule has 2 amide bonds. The van der Waals surface area contributed by atoms with Gasteiger partial charge in [0.15, 0.2) is 0 Å². The monoisotopic (exact) mass is 248 g/mol. The lowest BCUT2D eigenvalue weighted by molar-refractivity contribution is -0.133. The third-order valence-corrected chi connectivity index (χ3v) is 3.25. The van der Waals surface area contributed by atoms with Crippen LogP contribution in [0.5, 0.6) is 0 Å². The highest BCUT2D eigenvalue weighted by Crippen LogP contribution is 2.39. The summed E-state index contributed by atoms with van der Waals surface area (Å²) < 4.78 is 0. The van der Waals surface area contributed by atoms with Crippen molar-refractivity contribution in [2.75, 3.05) is 0 Å². The van der Waals surface area contributed by atoms with E-state index in [4.69, 9.17) is 5.73 Å². The van der Waals surface area contributed by atoms with Gasteiger partial charge in [-0.25, -0.2) is 0 Å². The van der Waals surface area contributed by atoms with E-state index in [0.29, 0.717) is 12.0 Å². The van der Waals surface area contributed by atoms with E-state index >= 15 is 0 Å². The van der Waals surface area contributed by atoms with Crippen LogP contribution in [0.15, 0.2) is 24.3 Å². The van der Waals surface area contributed by atoms with Gasteiger partial charge in [-0.3, -0.25) is 9.59 Å². The van der Waals surface area contributed by atoms with E-state index in [0.717, 1.165) is 5.56 Å². The molecule has 0 saturated heterocycles. The molecule has 0 saturated carbocycles. The molecule has 0 aromatic heterocycles. The zero-order chi connectivity index (χ0) is 14.0. The summed E-state index contributed by atoms with van der Waals surface area (Å²) in [6.07, 6.45) is 0.524. The molecule has 0 radical (unpaired) electrons. The van der Waals surface area contributed by atoms with E-state index in [1.54, 1.807) is 0 Å². The fraction of sp³-hybridized carbons (Fsp3) is 0.429. The molecular weight excluding hydrogens is 228 g/mol. The Hall–Kier alpha value is -1.84. The fourth-order valence-electron chi connectivity index (χ4n) is 2.21. The molecule has 0 aliphatic heterocycles. The molecule has 0 fully saturated rings. The molecule has 1 aromatic rings. The Morgan fingerprint density at radius 2 is 1.72 bits per heavy atom. The first kappa shape index (κ1) is 14.2. The summed E-state index contributed by atoms with van der Waals surface area (Å²) in [5, 5.41) is 2.62. The first-order valence-electron chi connectivity index (χ1n) is 5.84. The van der Waals surface area contributed by atoms with E-state index in [9.17, 15) is 9.59 Å². The highest BCUT2D eigenvalue weighted by Gasteiger charge is 2.48. The van der Waals surface area contributed by atoms with Crippen LogP contribution in [-0.4, -0.2) is 12.3 Å². The molecule has 0 heterocycles. The van der Waals surface area contributed by atoms with Gasteiger partial charge in [0.1, 0.15) is 5.54 Å². The Labute approximate surface area is 108 Å². The first-order valence-corrected chi connectivity index (χ1v) is 5.84. The van der Waals surface area contributed by atoms with Crippen LogP contribution in [0, 0.1) is 12.3 Å². The quantitative estimate of drug-likeness (QED) is 0.792. The molecule has 18 heavy (non-hydrogen) atoms. The molecule has 98 valence electrons. The Morgan fingerprint density at radius 1 is 1.22 bits per heavy atom. The topological polar surface area (TPSA) is 72.2 Å². The van der Waals surface area contributed by atoms with Crippen LogP contribution < -0.4 is 11.1 Å². The fourth-order valence-corrected chi connectivity index (χ4v) is 2.21. The lowest BCUT2D eigenvalue weighted by Gasteiger charge is -2.42. The average Bonchev–Trinajstić information content (AvgIpc) is 2.25. The number of nitrogens with one attached hydrogen (secondary N) is 1. The number of aryl methyl sites for hydroxylation is 1. The van der Waals surface area contributed by atoms with E-state index in [-0.39, 0.29) is 0 Å². The van der Waals surface area contributed by atoms with Gasteiger partial charge in [-0.05, 0) is 17.9 Å². The van der Waals surface area contributed by atoms with Crippen molar-refractivity contribution in [3.8, 4) is 0 Å². The van der Waals surface area contributed by atoms with Crippen molar-refractivity contribution in [3.63, 3.8) is 0 Å². The van der Waals surface area contributed by atoms with Crippen molar-refractivity contribution in [1.82, 2.24) is 5.32 Å². The van der Waals surface area contributed by atoms with E-state index in [2.05, 4.69) is 5.32 Å². The second-order valence-corrected chi connectivity index (χ2v) is 5.49. The molecule has 1 aromatic carbocycles. The number of nitrogens with two attached hydrogens (primary N) is 1. The summed E-state index contributed by atoms with van der Waals surface area (Å²) in [7, 11) is 0. The molecule has 0 bridgehead atoms. The molecule has 1 rings (SSSR count). The molecule has 3 N–H and O–H groups in total. The largest absolute Gasteiger partial charge is 0.367 e. The van der Waals surface area contributed by atoms with Crippen LogP contribution in [0.1, 0.15) is 31.9 Å². The number of carbonyl (C=O) groups is 2. The SMILES string of the molecule is Cc1ccc(C(NC=O)(C(N)=O)C(C)(C)C)cc1. The summed E-state index contributed by atoms with van der Waals surface area (Å²) in [4.78, 5) is 22.8. The summed E-state index contributed by atoms with van der Waals surface area (Å²) in [6, 6.07) is 7.43. The van der Waals surface area contributed by atoms with Crippen LogP contribution >= 0.6 is 0 Å². The van der Waals surface area contributed by atoms with E-state index in [1.807, 2.05) is 52.0 Å². The van der Waals surface area contributed by atoms with Gasteiger partial charge < -0.3 is 11.1 Å². The average molecular weight is 248 g/mol. The van der Waals surface area contributed by atoms with Gasteiger partial charge in [0.25, 0.3) is 0 Å². The summed E-state index contributed by atoms with van der Waals surface area (Å²) in [6.45, 7) is 7.57. The van der Waals surface area contributed by atoms with Crippen molar-refractivity contribution in [1.29, 1.82) is 0 Å². The second-order valence-electron chi connectivity index (χ2n) is 5.49. The Bertz CT molecular complexity index is 446. The Balaban J connectivity index is 3.48. The molecule has 4 heteroatoms. The van der Waals surface area contributed by atoms with Crippen LogP contribution in [0.3, 0.4) is 0 Å². The van der Waals surface area contributed by atoms with Crippen molar-refractivity contribution in [3.05, 3.63) is 35.4 Å². The maximum absolute atomic E-state index is 11.9. The lowest BCUT2D eigenvalue weighted by atomic mass is 9.68. The van der Waals surface area contributed by atoms with Gasteiger partial charge >= 0.3 is 0 Å². The number of carbonyl (C=O) groups excluding carboxylic acids is 2. The zero-order valence-electron chi connectivity index (χ0n) is 11.3. The molecular formula is C14H20N2O2. The maximum atomic E-state index is 11.9. The first-order chi connectivity index (χ1) is 8.25. The Kier molecular flexibility index (Phi) is 3.79. The third-order valence-electron chi connectivity index (χ3n) is 3.25. The zero-order valence-corrected chi connectivity index (χ0v) is 11.3. The van der Waals surface area contributed by atoms with Crippen molar-refractivity contribution in [2.24, 2.45) is 11.1 Å². The highest BCUT2D eigenvalue weighted by atomic mass is 16.2. The van der Waals surface area contributed by atoms with Crippen molar-refractivity contribution < 1.29 is 9.59 Å². The minimum absolute atomic E-state index is 0.524. The van der Waals surface area contributed by atoms with Gasteiger partial charge in [-0.1, -0.05) is 50.6 Å². The van der Waals surface area contributed by atoms with Crippen LogP contribution in [-0.2, 0) is 15.1 Å². The summed E-state index contributed by atoms with van der Waals surface area (Å²) in [5.41, 5.74) is 5.59. The highest BCUT2D eigenvalue weighted by molar-refractivity contribution is 5.89. The Morgan fingerprint density at radius 3 is 2.06 bits per heavy atom. The predicted octanol–water partition coefficient (Wildman–Crippen LogP) is 1.47. The molecule has 1 atom stereocenters. The number of rotatable bonds is 4. The maximum Gasteiger partial charge on any atom is 0.248 e. The van der Waals surface area contributed by atoms with E-state index < -0.39 is 16.9 Å². The van der Waals surface area contributed by atoms with Gasteiger partial charge in [0, 0.05) is 0 Å². The van der Waals surface area contributed by atoms with Crippen LogP contribution in [0.4, 0.5) is 0 Å². The molecule has 0 spiro atoms. The molecule has 4 nitrogen and oxygen atoms in total. The number of amides is 2. The van der Waals surface area contributed by atoms with Crippen LogP contribution in [0.25, 0.3) is 0 Å². The van der Waals surface area contributed by atoms with Gasteiger partial charge in [-0.15, -0.1) is 0 Å². The molecule has 0 aliphatic carbocycles. The number of hydrogen-bond donors (Lipinski definition) is 2. The second kappa shape index (κ2) is 4.80. The van der Waals surface area contributed by atoms with Crippen molar-refractivity contribution in [2.45, 2.75) is 33.2 Å². The minimum atomic E-state index is -1.21. The molecule has 1 unspecified atom stereocenters. The summed E-state index contributed by atoms with van der Waals surface area (Å²) in [5.74, 6) is -0.564. The number of primary amides is 1. The van der Waals surface area contributed by atoms with Gasteiger partial charge in [0.2, 0.25) is 12.3 Å². The lowest BCUT2D eigenvalue weighted by Crippen LogP contribution is -2.60. The van der Waals surface area contributed by atoms with Crippen LogP contribution in [0.2, 0.25) is 0 Å². The third kappa shape index (κ3) is 2.23. The molecule has 0 aliphatic rings. The predicted molar refractivity (Wildman–Crippen MR) is 70.7 cm³/mol. The number of benzene rings is 1. The minimum Gasteiger partial charge on any atom is -0.367 e. The normalized spacial score (nSPS) is 14.7. The van der Waals surface area contributed by atoms with E-state index in [1.165, 1.54) is 0 Å².